The van der Waals surface area contributed by atoms with Gasteiger partial charge in [0, 0.05) is 19.5 Å². The number of nitrogens with zero attached hydrogens (tertiary/aromatic N) is 1. The van der Waals surface area contributed by atoms with Gasteiger partial charge in [-0.1, -0.05) is 6.08 Å². The normalized spacial score (nSPS) is 34.3. The minimum atomic E-state index is -0.796. The quantitative estimate of drug-likeness (QED) is 0.740. The van der Waals surface area contributed by atoms with Gasteiger partial charge in [-0.2, -0.15) is 0 Å². The van der Waals surface area contributed by atoms with Crippen molar-refractivity contribution in [1.82, 2.24) is 4.90 Å². The molecular formula is C13H21NO2. The molecule has 1 N–H and O–H groups in total. The number of aliphatic hydroxyl groups is 1. The Balaban J connectivity index is 1.93. The summed E-state index contributed by atoms with van der Waals surface area (Å²) < 4.78 is 0. The molecule has 2 aliphatic rings. The van der Waals surface area contributed by atoms with Gasteiger partial charge >= 0.3 is 0 Å². The maximum absolute atomic E-state index is 12.0. The first-order valence-electron chi connectivity index (χ1n) is 6.29. The second-order valence-electron chi connectivity index (χ2n) is 5.08. The zero-order chi connectivity index (χ0) is 11.6. The summed E-state index contributed by atoms with van der Waals surface area (Å²) in [4.78, 5) is 13.9. The minimum absolute atomic E-state index is 0.0816. The van der Waals surface area contributed by atoms with E-state index in [2.05, 4.69) is 6.58 Å². The van der Waals surface area contributed by atoms with Gasteiger partial charge in [0.05, 0.1) is 5.60 Å². The fraction of sp³-hybridized carbons (Fsp3) is 0.769. The van der Waals surface area contributed by atoms with E-state index in [9.17, 15) is 9.90 Å². The van der Waals surface area contributed by atoms with E-state index in [0.29, 0.717) is 6.42 Å². The van der Waals surface area contributed by atoms with Crippen molar-refractivity contribution in [3.63, 3.8) is 0 Å². The van der Waals surface area contributed by atoms with Gasteiger partial charge in [-0.05, 0) is 38.0 Å². The molecule has 2 fully saturated rings. The van der Waals surface area contributed by atoms with Gasteiger partial charge in [-0.25, -0.2) is 0 Å². The van der Waals surface area contributed by atoms with Gasteiger partial charge in [0.2, 0.25) is 5.91 Å². The lowest BCUT2D eigenvalue weighted by molar-refractivity contribution is -0.132. The van der Waals surface area contributed by atoms with Gasteiger partial charge in [0.1, 0.15) is 0 Å². The molecule has 3 nitrogen and oxygen atoms in total. The molecule has 1 amide bonds. The summed E-state index contributed by atoms with van der Waals surface area (Å²) in [6.07, 6.45) is 7.08. The van der Waals surface area contributed by atoms with Crippen molar-refractivity contribution in [3.8, 4) is 0 Å². The number of amides is 1. The van der Waals surface area contributed by atoms with Crippen LogP contribution in [0.15, 0.2) is 12.7 Å². The SMILES string of the molecule is C=C[C@@]1(O)CCC[C@@H]1CC(=O)N1CCCC1. The van der Waals surface area contributed by atoms with E-state index in [0.717, 1.165) is 45.2 Å². The fourth-order valence-corrected chi connectivity index (χ4v) is 2.94. The van der Waals surface area contributed by atoms with E-state index >= 15 is 0 Å². The summed E-state index contributed by atoms with van der Waals surface area (Å²) in [5.41, 5.74) is -0.796. The first-order chi connectivity index (χ1) is 7.65. The van der Waals surface area contributed by atoms with Crippen LogP contribution in [0.3, 0.4) is 0 Å². The number of hydrogen-bond donors (Lipinski definition) is 1. The molecule has 1 aliphatic heterocycles. The van der Waals surface area contributed by atoms with E-state index in [1.165, 1.54) is 0 Å². The molecule has 0 unspecified atom stereocenters. The third-order valence-electron chi connectivity index (χ3n) is 4.07. The van der Waals surface area contributed by atoms with E-state index in [4.69, 9.17) is 0 Å². The van der Waals surface area contributed by atoms with E-state index in [-0.39, 0.29) is 11.8 Å². The van der Waals surface area contributed by atoms with Gasteiger partial charge in [-0.3, -0.25) is 4.79 Å². The number of carbonyl (C=O) groups is 1. The Morgan fingerprint density at radius 1 is 1.44 bits per heavy atom. The predicted octanol–water partition coefficient (Wildman–Crippen LogP) is 1.72. The van der Waals surface area contributed by atoms with Crippen LogP contribution in [0.2, 0.25) is 0 Å². The average Bonchev–Trinajstić information content (AvgIpc) is 2.89. The first kappa shape index (κ1) is 11.6. The molecule has 1 heterocycles. The molecule has 3 heteroatoms. The summed E-state index contributed by atoms with van der Waals surface area (Å²) in [7, 11) is 0. The van der Waals surface area contributed by atoms with Crippen LogP contribution in [0.5, 0.6) is 0 Å². The molecule has 2 rings (SSSR count). The van der Waals surface area contributed by atoms with Crippen LogP contribution < -0.4 is 0 Å². The molecule has 1 saturated carbocycles. The van der Waals surface area contributed by atoms with E-state index < -0.39 is 5.60 Å². The predicted molar refractivity (Wildman–Crippen MR) is 62.9 cm³/mol. The summed E-state index contributed by atoms with van der Waals surface area (Å²) in [6, 6.07) is 0. The number of likely N-dealkylation sites (tertiary alicyclic amines) is 1. The van der Waals surface area contributed by atoms with Crippen LogP contribution in [0.4, 0.5) is 0 Å². The van der Waals surface area contributed by atoms with Crippen LogP contribution in [0, 0.1) is 5.92 Å². The summed E-state index contributed by atoms with van der Waals surface area (Å²) in [5.74, 6) is 0.294. The Kier molecular flexibility index (Phi) is 3.33. The summed E-state index contributed by atoms with van der Waals surface area (Å²) in [6.45, 7) is 5.50. The van der Waals surface area contributed by atoms with E-state index in [1.807, 2.05) is 4.90 Å². The molecule has 0 spiro atoms. The highest BCUT2D eigenvalue weighted by atomic mass is 16.3. The number of rotatable bonds is 3. The zero-order valence-corrected chi connectivity index (χ0v) is 9.82. The fourth-order valence-electron chi connectivity index (χ4n) is 2.94. The Hall–Kier alpha value is -0.830. The maximum Gasteiger partial charge on any atom is 0.222 e. The Morgan fingerprint density at radius 3 is 2.75 bits per heavy atom. The lowest BCUT2D eigenvalue weighted by atomic mass is 9.88. The van der Waals surface area contributed by atoms with Crippen LogP contribution in [-0.2, 0) is 4.79 Å². The summed E-state index contributed by atoms with van der Waals surface area (Å²) in [5, 5.41) is 10.3. The Morgan fingerprint density at radius 2 is 2.12 bits per heavy atom. The highest BCUT2D eigenvalue weighted by Crippen LogP contribution is 2.39. The van der Waals surface area contributed by atoms with Crippen LogP contribution >= 0.6 is 0 Å². The van der Waals surface area contributed by atoms with Crippen LogP contribution in [0.1, 0.15) is 38.5 Å². The molecule has 0 aromatic rings. The molecule has 0 radical (unpaired) electrons. The van der Waals surface area contributed by atoms with Gasteiger partial charge in [-0.15, -0.1) is 6.58 Å². The van der Waals surface area contributed by atoms with Crippen LogP contribution in [0.25, 0.3) is 0 Å². The lowest BCUT2D eigenvalue weighted by Crippen LogP contribution is -2.36. The van der Waals surface area contributed by atoms with Crippen molar-refractivity contribution in [2.24, 2.45) is 5.92 Å². The standard InChI is InChI=1S/C13H21NO2/c1-2-13(16)7-5-6-11(13)10-12(15)14-8-3-4-9-14/h2,11,16H,1,3-10H2/t11-,13-/m1/s1. The second kappa shape index (κ2) is 4.58. The van der Waals surface area contributed by atoms with Crippen molar-refractivity contribution in [2.45, 2.75) is 44.1 Å². The highest BCUT2D eigenvalue weighted by Gasteiger charge is 2.40. The molecular weight excluding hydrogens is 202 g/mol. The molecule has 1 saturated heterocycles. The second-order valence-corrected chi connectivity index (χ2v) is 5.08. The maximum atomic E-state index is 12.0. The third kappa shape index (κ3) is 2.14. The Bertz CT molecular complexity index is 284. The smallest absolute Gasteiger partial charge is 0.222 e. The highest BCUT2D eigenvalue weighted by molar-refractivity contribution is 5.77. The number of hydrogen-bond acceptors (Lipinski definition) is 2. The average molecular weight is 223 g/mol. The van der Waals surface area contributed by atoms with Crippen molar-refractivity contribution < 1.29 is 9.90 Å². The first-order valence-corrected chi connectivity index (χ1v) is 6.29. The van der Waals surface area contributed by atoms with E-state index in [1.54, 1.807) is 6.08 Å². The third-order valence-corrected chi connectivity index (χ3v) is 4.07. The number of carbonyl (C=O) groups excluding carboxylic acids is 1. The van der Waals surface area contributed by atoms with Crippen molar-refractivity contribution in [2.75, 3.05) is 13.1 Å². The van der Waals surface area contributed by atoms with Crippen LogP contribution in [-0.4, -0.2) is 34.6 Å². The van der Waals surface area contributed by atoms with Gasteiger partial charge in [0.15, 0.2) is 0 Å². The molecule has 16 heavy (non-hydrogen) atoms. The van der Waals surface area contributed by atoms with Crippen molar-refractivity contribution >= 4 is 5.91 Å². The molecule has 90 valence electrons. The lowest BCUT2D eigenvalue weighted by Gasteiger charge is -2.27. The summed E-state index contributed by atoms with van der Waals surface area (Å²) >= 11 is 0. The minimum Gasteiger partial charge on any atom is -0.386 e. The van der Waals surface area contributed by atoms with Crippen molar-refractivity contribution in [1.29, 1.82) is 0 Å². The molecule has 0 bridgehead atoms. The molecule has 2 atom stereocenters. The van der Waals surface area contributed by atoms with Crippen molar-refractivity contribution in [3.05, 3.63) is 12.7 Å². The molecule has 1 aliphatic carbocycles. The zero-order valence-electron chi connectivity index (χ0n) is 9.82. The Labute approximate surface area is 97.1 Å². The van der Waals surface area contributed by atoms with Gasteiger partial charge < -0.3 is 10.0 Å². The molecule has 0 aromatic carbocycles. The monoisotopic (exact) mass is 223 g/mol. The topological polar surface area (TPSA) is 40.5 Å². The van der Waals surface area contributed by atoms with Gasteiger partial charge in [0.25, 0.3) is 0 Å². The molecule has 0 aromatic heterocycles. The largest absolute Gasteiger partial charge is 0.386 e.